The van der Waals surface area contributed by atoms with Gasteiger partial charge < -0.3 is 20.2 Å². The maximum Gasteiger partial charge on any atom is 0.246 e. The van der Waals surface area contributed by atoms with Crippen molar-refractivity contribution < 1.29 is 9.90 Å². The Kier molecular flexibility index (Phi) is 7.08. The second-order valence-corrected chi connectivity index (χ2v) is 9.34. The second kappa shape index (κ2) is 10.6. The molecule has 9 nitrogen and oxygen atoms in total. The molecule has 1 atom stereocenters. The number of rotatable bonds is 7. The van der Waals surface area contributed by atoms with E-state index < -0.39 is 0 Å². The fraction of sp³-hybridized carbons (Fsp3) is 0.423. The molecule has 5 rings (SSSR count). The SMILES string of the molecule is CN1CCN(CC=CC(=O)N2CCc3c(cn4ncnc(NC(CO)c5ccccc5)c34)C2)CC1. The van der Waals surface area contributed by atoms with Crippen molar-refractivity contribution in [2.75, 3.05) is 58.2 Å². The van der Waals surface area contributed by atoms with Crippen molar-refractivity contribution >= 4 is 17.2 Å². The molecule has 1 fully saturated rings. The molecule has 2 aliphatic rings. The van der Waals surface area contributed by atoms with E-state index in [2.05, 4.69) is 32.2 Å². The van der Waals surface area contributed by atoms with Crippen LogP contribution in [0.1, 0.15) is 22.7 Å². The van der Waals surface area contributed by atoms with Gasteiger partial charge in [0.1, 0.15) is 11.8 Å². The van der Waals surface area contributed by atoms with E-state index in [-0.39, 0.29) is 18.6 Å². The number of benzene rings is 1. The number of hydrogen-bond donors (Lipinski definition) is 2. The standard InChI is InChI=1S/C26H33N7O2/c1-30-12-14-31(15-13-30)10-5-8-24(35)32-11-9-22-21(16-32)17-33-25(22)26(27-19-28-33)29-23(18-34)20-6-3-2-4-7-20/h2-8,17,19,23,34H,9-16,18H2,1H3,(H,27,28,29). The second-order valence-electron chi connectivity index (χ2n) is 9.34. The van der Waals surface area contributed by atoms with E-state index in [9.17, 15) is 9.90 Å². The number of aromatic nitrogens is 3. The van der Waals surface area contributed by atoms with Crippen LogP contribution in [0, 0.1) is 0 Å². The highest BCUT2D eigenvalue weighted by Gasteiger charge is 2.25. The van der Waals surface area contributed by atoms with Gasteiger partial charge in [-0.25, -0.2) is 9.50 Å². The average molecular weight is 476 g/mol. The Morgan fingerprint density at radius 1 is 1.17 bits per heavy atom. The molecule has 1 aromatic carbocycles. The van der Waals surface area contributed by atoms with Gasteiger partial charge in [-0.15, -0.1) is 0 Å². The van der Waals surface area contributed by atoms with E-state index in [1.54, 1.807) is 6.08 Å². The first kappa shape index (κ1) is 23.5. The number of amides is 1. The number of anilines is 1. The third kappa shape index (κ3) is 5.22. The van der Waals surface area contributed by atoms with Gasteiger partial charge in [0.2, 0.25) is 5.91 Å². The summed E-state index contributed by atoms with van der Waals surface area (Å²) in [5, 5.41) is 17.8. The fourth-order valence-electron chi connectivity index (χ4n) is 4.89. The Morgan fingerprint density at radius 2 is 1.97 bits per heavy atom. The number of hydrogen-bond acceptors (Lipinski definition) is 7. The molecule has 35 heavy (non-hydrogen) atoms. The van der Waals surface area contributed by atoms with Crippen LogP contribution in [0.5, 0.6) is 0 Å². The van der Waals surface area contributed by atoms with Crippen LogP contribution in [0.25, 0.3) is 5.52 Å². The summed E-state index contributed by atoms with van der Waals surface area (Å²) in [5.74, 6) is 0.741. The van der Waals surface area contributed by atoms with Crippen molar-refractivity contribution in [3.8, 4) is 0 Å². The molecule has 1 amide bonds. The van der Waals surface area contributed by atoms with E-state index in [1.165, 1.54) is 6.33 Å². The molecule has 0 saturated carbocycles. The van der Waals surface area contributed by atoms with Gasteiger partial charge in [-0.3, -0.25) is 9.69 Å². The predicted octanol–water partition coefficient (Wildman–Crippen LogP) is 1.56. The van der Waals surface area contributed by atoms with Crippen LogP contribution >= 0.6 is 0 Å². The number of aliphatic hydroxyl groups is 1. The molecule has 0 aliphatic carbocycles. The zero-order valence-electron chi connectivity index (χ0n) is 20.2. The smallest absolute Gasteiger partial charge is 0.246 e. The van der Waals surface area contributed by atoms with Crippen molar-refractivity contribution in [3.05, 3.63) is 71.7 Å². The van der Waals surface area contributed by atoms with E-state index in [0.29, 0.717) is 18.9 Å². The van der Waals surface area contributed by atoms with Crippen LogP contribution in [0.3, 0.4) is 0 Å². The maximum atomic E-state index is 12.9. The van der Waals surface area contributed by atoms with Crippen molar-refractivity contribution in [1.29, 1.82) is 0 Å². The monoisotopic (exact) mass is 475 g/mol. The van der Waals surface area contributed by atoms with Gasteiger partial charge in [-0.1, -0.05) is 36.4 Å². The molecular weight excluding hydrogens is 442 g/mol. The molecule has 0 bridgehead atoms. The lowest BCUT2D eigenvalue weighted by molar-refractivity contribution is -0.126. The van der Waals surface area contributed by atoms with Gasteiger partial charge in [0.05, 0.1) is 12.6 Å². The molecule has 2 N–H and O–H groups in total. The zero-order chi connectivity index (χ0) is 24.2. The molecule has 3 aromatic rings. The number of carbonyl (C=O) groups is 1. The van der Waals surface area contributed by atoms with E-state index >= 15 is 0 Å². The summed E-state index contributed by atoms with van der Waals surface area (Å²) in [4.78, 5) is 24.0. The summed E-state index contributed by atoms with van der Waals surface area (Å²) in [6.07, 6.45) is 7.95. The van der Waals surface area contributed by atoms with Crippen molar-refractivity contribution in [2.24, 2.45) is 0 Å². The van der Waals surface area contributed by atoms with Crippen LogP contribution in [-0.2, 0) is 17.8 Å². The highest BCUT2D eigenvalue weighted by Crippen LogP contribution is 2.30. The van der Waals surface area contributed by atoms with Crippen LogP contribution in [0.4, 0.5) is 5.82 Å². The van der Waals surface area contributed by atoms with E-state index in [1.807, 2.05) is 52.0 Å². The van der Waals surface area contributed by atoms with Crippen LogP contribution < -0.4 is 5.32 Å². The number of carbonyl (C=O) groups excluding carboxylic acids is 1. The topological polar surface area (TPSA) is 89.2 Å². The minimum absolute atomic E-state index is 0.0498. The molecule has 4 heterocycles. The number of nitrogens with one attached hydrogen (secondary N) is 1. The Hall–Kier alpha value is -3.27. The van der Waals surface area contributed by atoms with Gasteiger partial charge in [-0.05, 0) is 30.2 Å². The highest BCUT2D eigenvalue weighted by molar-refractivity contribution is 5.88. The molecule has 2 aromatic heterocycles. The van der Waals surface area contributed by atoms with E-state index in [0.717, 1.165) is 61.4 Å². The van der Waals surface area contributed by atoms with Gasteiger partial charge >= 0.3 is 0 Å². The van der Waals surface area contributed by atoms with Gasteiger partial charge in [0.25, 0.3) is 0 Å². The third-order valence-electron chi connectivity index (χ3n) is 6.99. The predicted molar refractivity (Wildman–Crippen MR) is 135 cm³/mol. The molecule has 0 radical (unpaired) electrons. The molecule has 9 heteroatoms. The minimum Gasteiger partial charge on any atom is -0.394 e. The zero-order valence-corrected chi connectivity index (χ0v) is 20.2. The summed E-state index contributed by atoms with van der Waals surface area (Å²) >= 11 is 0. The number of likely N-dealkylation sites (N-methyl/N-ethyl adjacent to an activating group) is 1. The first-order valence-corrected chi connectivity index (χ1v) is 12.2. The van der Waals surface area contributed by atoms with Gasteiger partial charge in [0.15, 0.2) is 5.82 Å². The molecular formula is C26H33N7O2. The van der Waals surface area contributed by atoms with Crippen molar-refractivity contribution in [2.45, 2.75) is 19.0 Å². The summed E-state index contributed by atoms with van der Waals surface area (Å²) < 4.78 is 1.83. The molecule has 2 aliphatic heterocycles. The lowest BCUT2D eigenvalue weighted by Crippen LogP contribution is -2.44. The lowest BCUT2D eigenvalue weighted by Gasteiger charge is -2.31. The third-order valence-corrected chi connectivity index (χ3v) is 6.99. The maximum absolute atomic E-state index is 12.9. The summed E-state index contributed by atoms with van der Waals surface area (Å²) in [5.41, 5.74) is 4.14. The summed E-state index contributed by atoms with van der Waals surface area (Å²) in [6, 6.07) is 9.58. The minimum atomic E-state index is -0.271. The van der Waals surface area contributed by atoms with Gasteiger partial charge in [-0.2, -0.15) is 5.10 Å². The van der Waals surface area contributed by atoms with Crippen molar-refractivity contribution in [3.63, 3.8) is 0 Å². The summed E-state index contributed by atoms with van der Waals surface area (Å²) in [7, 11) is 2.14. The van der Waals surface area contributed by atoms with Gasteiger partial charge in [0, 0.05) is 58.1 Å². The lowest BCUT2D eigenvalue weighted by atomic mass is 10.0. The fourth-order valence-corrected chi connectivity index (χ4v) is 4.89. The largest absolute Gasteiger partial charge is 0.394 e. The average Bonchev–Trinajstić information content (AvgIpc) is 3.27. The number of nitrogens with zero attached hydrogens (tertiary/aromatic N) is 6. The molecule has 1 saturated heterocycles. The Labute approximate surface area is 205 Å². The quantitative estimate of drug-likeness (QED) is 0.502. The Balaban J connectivity index is 1.28. The Bertz CT molecular complexity index is 1190. The van der Waals surface area contributed by atoms with Crippen LogP contribution in [0.2, 0.25) is 0 Å². The molecule has 0 spiro atoms. The Morgan fingerprint density at radius 3 is 2.74 bits per heavy atom. The first-order chi connectivity index (χ1) is 17.1. The number of aliphatic hydroxyl groups excluding tert-OH is 1. The normalized spacial score (nSPS) is 18.2. The summed E-state index contributed by atoms with van der Waals surface area (Å²) in [6.45, 7) is 6.19. The molecule has 1 unspecified atom stereocenters. The molecule has 184 valence electrons. The first-order valence-electron chi connectivity index (χ1n) is 12.2. The number of fused-ring (bicyclic) bond motifs is 3. The van der Waals surface area contributed by atoms with Crippen molar-refractivity contribution in [1.82, 2.24) is 29.3 Å². The number of piperazine rings is 1. The van der Waals surface area contributed by atoms with E-state index in [4.69, 9.17) is 0 Å². The highest BCUT2D eigenvalue weighted by atomic mass is 16.3. The van der Waals surface area contributed by atoms with Crippen LogP contribution in [-0.4, -0.2) is 93.2 Å². The van der Waals surface area contributed by atoms with Crippen LogP contribution in [0.15, 0.2) is 55.0 Å².